The van der Waals surface area contributed by atoms with E-state index in [4.69, 9.17) is 5.41 Å². The molecule has 1 aliphatic rings. The third-order valence-electron chi connectivity index (χ3n) is 9.00. The molecule has 6 aromatic rings. The lowest BCUT2D eigenvalue weighted by atomic mass is 9.77. The summed E-state index contributed by atoms with van der Waals surface area (Å²) in [6.07, 6.45) is 2.35. The third-order valence-corrected chi connectivity index (χ3v) is 9.00. The van der Waals surface area contributed by atoms with Gasteiger partial charge in [0.1, 0.15) is 5.71 Å². The van der Waals surface area contributed by atoms with E-state index in [1.807, 2.05) is 24.3 Å². The molecule has 1 aromatic heterocycles. The molecule has 0 spiro atoms. The lowest BCUT2D eigenvalue weighted by molar-refractivity contribution is -0.129. The number of hydrogen-bond donors (Lipinski definition) is 2. The van der Waals surface area contributed by atoms with Gasteiger partial charge in [0.15, 0.2) is 0 Å². The van der Waals surface area contributed by atoms with Crippen LogP contribution in [0.15, 0.2) is 127 Å². The van der Waals surface area contributed by atoms with Crippen LogP contribution >= 0.6 is 0 Å². The van der Waals surface area contributed by atoms with Crippen molar-refractivity contribution in [3.05, 3.63) is 143 Å². The molecule has 7 rings (SSSR count). The zero-order valence-corrected chi connectivity index (χ0v) is 26.1. The Kier molecular flexibility index (Phi) is 7.45. The van der Waals surface area contributed by atoms with Crippen molar-refractivity contribution in [3.8, 4) is 5.69 Å². The fraction of sp³-hybridized carbons (Fsp3) is 0.125. The molecule has 2 heterocycles. The largest absolute Gasteiger partial charge is 0.623 e. The number of nitrogens with one attached hydrogen (secondary N) is 1. The molecule has 0 aliphatic carbocycles. The lowest BCUT2D eigenvalue weighted by Crippen LogP contribution is -2.34. The molecular weight excluding hydrogens is 584 g/mol. The van der Waals surface area contributed by atoms with Gasteiger partial charge in [-0.2, -0.15) is 0 Å². The summed E-state index contributed by atoms with van der Waals surface area (Å²) >= 11 is 0. The fourth-order valence-electron chi connectivity index (χ4n) is 6.52. The van der Waals surface area contributed by atoms with Crippen LogP contribution in [-0.2, 0) is 15.0 Å². The minimum Gasteiger partial charge on any atom is -0.623 e. The van der Waals surface area contributed by atoms with Crippen molar-refractivity contribution in [3.63, 3.8) is 0 Å². The molecule has 2 N–H and O–H groups in total. The molecule has 0 fully saturated rings. The summed E-state index contributed by atoms with van der Waals surface area (Å²) < 4.78 is 2.31. The van der Waals surface area contributed by atoms with Crippen molar-refractivity contribution >= 4 is 62.5 Å². The van der Waals surface area contributed by atoms with Crippen LogP contribution in [0.5, 0.6) is 0 Å². The van der Waals surface area contributed by atoms with Crippen LogP contribution in [0.2, 0.25) is 0 Å². The number of anilines is 2. The molecular formula is C40H33N4O3-. The van der Waals surface area contributed by atoms with Gasteiger partial charge >= 0.3 is 5.97 Å². The van der Waals surface area contributed by atoms with E-state index in [1.54, 1.807) is 30.3 Å². The van der Waals surface area contributed by atoms with Gasteiger partial charge in [0.2, 0.25) is 0 Å². The van der Waals surface area contributed by atoms with E-state index in [2.05, 4.69) is 95.4 Å². The van der Waals surface area contributed by atoms with Gasteiger partial charge in [-0.1, -0.05) is 92.7 Å². The standard InChI is InChI=1S/C40H34N4O3/c1-40(2)21-22-43(29-18-19-31-30-15-9-10-16-34(30)44(36(31)25-29)28-13-7-4-8-14-28)35-20-17-26(24-33(35)40)23-32(37(41)39(46)47)38(45)42-27-11-5-3-6-12-27/h3-20,23-25,41H,21-22H2,1-2H3,(H2,42,45,46,47)/p-1/b32-23-,41-37?. The molecule has 7 nitrogen and oxygen atoms in total. The number of rotatable bonds is 7. The maximum atomic E-state index is 13.2. The maximum Gasteiger partial charge on any atom is 0.354 e. The number of fused-ring (bicyclic) bond motifs is 4. The highest BCUT2D eigenvalue weighted by Gasteiger charge is 2.32. The van der Waals surface area contributed by atoms with Gasteiger partial charge in [0, 0.05) is 40.0 Å². The van der Waals surface area contributed by atoms with Crippen LogP contribution in [0.1, 0.15) is 31.4 Å². The molecule has 0 saturated carbocycles. The van der Waals surface area contributed by atoms with E-state index >= 15 is 0 Å². The Morgan fingerprint density at radius 1 is 0.787 bits per heavy atom. The summed E-state index contributed by atoms with van der Waals surface area (Å²) in [6.45, 7) is 5.21. The number of carbonyl (C=O) groups is 2. The van der Waals surface area contributed by atoms with E-state index < -0.39 is 17.6 Å². The molecule has 0 radical (unpaired) electrons. The molecule has 7 heteroatoms. The molecule has 232 valence electrons. The zero-order chi connectivity index (χ0) is 32.7. The van der Waals surface area contributed by atoms with Crippen LogP contribution in [0.4, 0.5) is 17.1 Å². The fourth-order valence-corrected chi connectivity index (χ4v) is 6.52. The Balaban J connectivity index is 1.31. The monoisotopic (exact) mass is 617 g/mol. The summed E-state index contributed by atoms with van der Waals surface area (Å²) in [5.41, 5.74) is 6.36. The number of aromatic nitrogens is 1. The minimum atomic E-state index is -1.49. The van der Waals surface area contributed by atoms with Crippen molar-refractivity contribution in [2.75, 3.05) is 11.4 Å². The van der Waals surface area contributed by atoms with Crippen molar-refractivity contribution in [1.82, 2.24) is 4.57 Å². The van der Waals surface area contributed by atoms with Gasteiger partial charge in [0.05, 0.1) is 16.9 Å². The maximum absolute atomic E-state index is 13.2. The van der Waals surface area contributed by atoms with Crippen molar-refractivity contribution in [2.45, 2.75) is 25.7 Å². The molecule has 0 unspecified atom stereocenters. The Hall–Kier alpha value is -5.95. The van der Waals surface area contributed by atoms with E-state index in [0.717, 1.165) is 46.6 Å². The molecule has 0 bridgehead atoms. The Bertz CT molecular complexity index is 2220. The Morgan fingerprint density at radius 2 is 1.47 bits per heavy atom. The second-order valence-corrected chi connectivity index (χ2v) is 12.4. The van der Waals surface area contributed by atoms with Crippen LogP contribution < -0.4 is 4.90 Å². The number of carboxylic acids is 1. The third kappa shape index (κ3) is 5.46. The highest BCUT2D eigenvalue weighted by Crippen LogP contribution is 2.45. The summed E-state index contributed by atoms with van der Waals surface area (Å²) in [5, 5.41) is 24.3. The van der Waals surface area contributed by atoms with E-state index in [1.165, 1.54) is 16.8 Å². The molecule has 1 amide bonds. The second kappa shape index (κ2) is 11.8. The second-order valence-electron chi connectivity index (χ2n) is 12.4. The van der Waals surface area contributed by atoms with Gasteiger partial charge in [0.25, 0.3) is 0 Å². The quantitative estimate of drug-likeness (QED) is 0.138. The van der Waals surface area contributed by atoms with Crippen LogP contribution in [0.3, 0.4) is 0 Å². The summed E-state index contributed by atoms with van der Waals surface area (Å²) in [7, 11) is 0. The molecule has 5 aromatic carbocycles. The molecule has 1 aliphatic heterocycles. The van der Waals surface area contributed by atoms with Gasteiger partial charge < -0.3 is 24.7 Å². The number of carboxylic acid groups (broad SMARTS) is 1. The zero-order valence-electron chi connectivity index (χ0n) is 26.1. The first kappa shape index (κ1) is 29.7. The summed E-state index contributed by atoms with van der Waals surface area (Å²) in [6, 6.07) is 40.0. The number of carbonyl (C=O) groups excluding carboxylic acids is 1. The van der Waals surface area contributed by atoms with Gasteiger partial charge in [-0.15, -0.1) is 5.69 Å². The number of aliphatic carboxylic acids is 1. The van der Waals surface area contributed by atoms with Crippen LogP contribution in [0, 0.1) is 5.41 Å². The number of para-hydroxylation sites is 3. The minimum absolute atomic E-state index is 0.183. The van der Waals surface area contributed by atoms with E-state index in [9.17, 15) is 14.7 Å². The predicted octanol–water partition coefficient (Wildman–Crippen LogP) is 9.32. The van der Waals surface area contributed by atoms with Crippen molar-refractivity contribution < 1.29 is 14.7 Å². The first-order valence-electron chi connectivity index (χ1n) is 15.6. The first-order chi connectivity index (χ1) is 22.7. The smallest absolute Gasteiger partial charge is 0.354 e. The average Bonchev–Trinajstić information content (AvgIpc) is 3.41. The number of hydrogen-bond acceptors (Lipinski definition) is 4. The van der Waals surface area contributed by atoms with E-state index in [0.29, 0.717) is 11.3 Å². The van der Waals surface area contributed by atoms with Gasteiger partial charge in [-0.3, -0.25) is 5.41 Å². The Morgan fingerprint density at radius 3 is 2.21 bits per heavy atom. The highest BCUT2D eigenvalue weighted by molar-refractivity contribution is 6.50. The highest BCUT2D eigenvalue weighted by atomic mass is 16.4. The van der Waals surface area contributed by atoms with Crippen molar-refractivity contribution in [2.24, 2.45) is 0 Å². The normalized spacial score (nSPS) is 14.2. The first-order valence-corrected chi connectivity index (χ1v) is 15.6. The summed E-state index contributed by atoms with van der Waals surface area (Å²) in [4.78, 5) is 27.3. The topological polar surface area (TPSA) is 100 Å². The lowest BCUT2D eigenvalue weighted by Gasteiger charge is -2.40. The van der Waals surface area contributed by atoms with Gasteiger partial charge in [-0.05, 0) is 71.5 Å². The molecule has 0 atom stereocenters. The molecule has 47 heavy (non-hydrogen) atoms. The van der Waals surface area contributed by atoms with Gasteiger partial charge in [-0.25, -0.2) is 4.79 Å². The van der Waals surface area contributed by atoms with Crippen LogP contribution in [-0.4, -0.2) is 33.8 Å². The Labute approximate surface area is 272 Å². The number of nitrogens with zero attached hydrogens (tertiary/aromatic N) is 3. The summed E-state index contributed by atoms with van der Waals surface area (Å²) in [5.74, 6) is -2.26. The van der Waals surface area contributed by atoms with Crippen LogP contribution in [0.25, 0.3) is 38.9 Å². The predicted molar refractivity (Wildman–Crippen MR) is 190 cm³/mol. The number of benzene rings is 5. The van der Waals surface area contributed by atoms with Crippen molar-refractivity contribution in [1.29, 1.82) is 5.41 Å². The SMILES string of the molecule is CC1(C)CCN(c2ccc3c4ccccc4n(-c4ccccc4)c3c2)c2ccc(/C=C(/C(=N)C(=O)O)C(=O)[N-]c3ccccc3)cc21. The molecule has 0 saturated heterocycles. The number of amides is 1. The van der Waals surface area contributed by atoms with E-state index in [-0.39, 0.29) is 11.0 Å². The average molecular weight is 618 g/mol.